The summed E-state index contributed by atoms with van der Waals surface area (Å²) in [7, 11) is 0. The van der Waals surface area contributed by atoms with Crippen molar-refractivity contribution >= 4 is 106 Å². The van der Waals surface area contributed by atoms with Gasteiger partial charge in [-0.15, -0.1) is 0 Å². The molecule has 0 spiro atoms. The second kappa shape index (κ2) is 40.8. The maximum Gasteiger partial charge on any atom is 0.326 e. The summed E-state index contributed by atoms with van der Waals surface area (Å²) >= 11 is 25.5. The van der Waals surface area contributed by atoms with Gasteiger partial charge in [-0.05, 0) is 127 Å². The normalized spacial score (nSPS) is 15.9. The molecule has 7 amide bonds. The molecule has 0 aliphatic carbocycles. The van der Waals surface area contributed by atoms with Gasteiger partial charge < -0.3 is 66.2 Å². The average molecular weight is 1560 g/mol. The van der Waals surface area contributed by atoms with E-state index in [1.807, 2.05) is 31.2 Å². The molecular weight excluding hydrogens is 1470 g/mol. The number of aliphatic carboxylic acids is 1. The van der Waals surface area contributed by atoms with Crippen LogP contribution in [-0.4, -0.2) is 136 Å². The predicted octanol–water partition coefficient (Wildman–Crippen LogP) is 10.4. The summed E-state index contributed by atoms with van der Waals surface area (Å²) in [6.07, 6.45) is -0.209. The standard InChI is InChI=1S/C81H88Cl4N8O15/c1-3-50(2)73(91-78(100)70-28-15-41-92(70)79(101)66(38-40-72(95)108-47-55-21-11-6-12-22-55)88-74(96)64(86)43-51-17-7-4-8-18-51)80(102)93-42-16-27-69(93)77(99)87-65(37-39-71(94)107-46-54-19-9-5-10-20-54)75(97)89-67(44-52-29-33-56(34-30-52)105-48-58-60(82)23-13-24-61(58)83)76(98)90-68(81(103)104)45-53-31-35-57(36-32-53)106-49-59-62(84)25-14-26-63(59)85/h4-14,17-26,29-36,50,64-70,73H,3,15-16,27-28,37-49,86H2,1-2H3,(H,87,99)(H,88,96)(H,89,97)(H,90,98)(H,91,100)(H,103,104)/t50-,64-,65-,66-,67-,68-,69-,70-,73-/m0/s1. The second-order valence-corrected chi connectivity index (χ2v) is 28.3. The highest BCUT2D eigenvalue weighted by Gasteiger charge is 2.44. The number of nitrogens with zero attached hydrogens (tertiary/aromatic N) is 2. The topological polar surface area (TPSA) is 320 Å². The third-order valence-electron chi connectivity index (χ3n) is 19.0. The van der Waals surface area contributed by atoms with Gasteiger partial charge in [0.2, 0.25) is 41.4 Å². The van der Waals surface area contributed by atoms with Crippen molar-refractivity contribution in [1.29, 1.82) is 0 Å². The predicted molar refractivity (Wildman–Crippen MR) is 407 cm³/mol. The minimum Gasteiger partial charge on any atom is -0.489 e. The van der Waals surface area contributed by atoms with Gasteiger partial charge in [-0.2, -0.15) is 0 Å². The van der Waals surface area contributed by atoms with E-state index in [4.69, 9.17) is 71.1 Å². The molecule has 0 bridgehead atoms. The Balaban J connectivity index is 0.922. The van der Waals surface area contributed by atoms with Crippen molar-refractivity contribution in [3.8, 4) is 11.5 Å². The van der Waals surface area contributed by atoms with E-state index in [-0.39, 0.29) is 90.9 Å². The van der Waals surface area contributed by atoms with Crippen molar-refractivity contribution < 1.29 is 72.0 Å². The molecule has 2 heterocycles. The minimum absolute atomic E-state index is 0.0121. The Morgan fingerprint density at radius 2 is 0.852 bits per heavy atom. The first-order chi connectivity index (χ1) is 52.0. The minimum atomic E-state index is -1.59. The molecule has 27 heteroatoms. The van der Waals surface area contributed by atoms with Gasteiger partial charge in [-0.3, -0.25) is 43.2 Å². The number of hydrogen-bond acceptors (Lipinski definition) is 15. The molecular formula is C81H88Cl4N8O15. The van der Waals surface area contributed by atoms with Crippen LogP contribution < -0.4 is 41.8 Å². The van der Waals surface area contributed by atoms with Crippen LogP contribution in [0.5, 0.6) is 11.5 Å². The lowest BCUT2D eigenvalue weighted by Crippen LogP contribution is -2.60. The number of benzene rings is 7. The van der Waals surface area contributed by atoms with E-state index in [9.17, 15) is 43.5 Å². The highest BCUT2D eigenvalue weighted by molar-refractivity contribution is 6.36. The van der Waals surface area contributed by atoms with Crippen LogP contribution in [0.3, 0.4) is 0 Å². The Labute approximate surface area is 647 Å². The molecule has 0 aromatic heterocycles. The molecule has 9 atom stereocenters. The fraction of sp³-hybridized carbons (Fsp3) is 0.358. The van der Waals surface area contributed by atoms with E-state index in [1.165, 1.54) is 9.80 Å². The third-order valence-corrected chi connectivity index (χ3v) is 20.4. The summed E-state index contributed by atoms with van der Waals surface area (Å²) in [5.41, 5.74) is 10.7. The van der Waals surface area contributed by atoms with Gasteiger partial charge in [0.25, 0.3) is 0 Å². The number of ether oxygens (including phenoxy) is 4. The van der Waals surface area contributed by atoms with Crippen molar-refractivity contribution in [2.75, 3.05) is 13.1 Å². The van der Waals surface area contributed by atoms with E-state index >= 15 is 9.59 Å². The van der Waals surface area contributed by atoms with E-state index in [0.717, 1.165) is 11.1 Å². The first-order valence-electron chi connectivity index (χ1n) is 35.9. The summed E-state index contributed by atoms with van der Waals surface area (Å²) in [5, 5.41) is 26.0. The molecule has 108 heavy (non-hydrogen) atoms. The van der Waals surface area contributed by atoms with Crippen LogP contribution in [0.4, 0.5) is 0 Å². The molecule has 9 rings (SSSR count). The maximum atomic E-state index is 15.2. The van der Waals surface area contributed by atoms with E-state index in [0.29, 0.717) is 78.7 Å². The first kappa shape index (κ1) is 82.0. The van der Waals surface area contributed by atoms with Crippen molar-refractivity contribution in [3.63, 3.8) is 0 Å². The number of amides is 7. The van der Waals surface area contributed by atoms with Gasteiger partial charge >= 0.3 is 17.9 Å². The molecule has 570 valence electrons. The molecule has 8 N–H and O–H groups in total. The summed E-state index contributed by atoms with van der Waals surface area (Å²) in [6, 6.07) is 39.4. The zero-order valence-corrected chi connectivity index (χ0v) is 62.8. The van der Waals surface area contributed by atoms with Gasteiger partial charge in [0.05, 0.1) is 6.04 Å². The van der Waals surface area contributed by atoms with Gasteiger partial charge in [0, 0.05) is 70.0 Å². The number of hydrogen-bond donors (Lipinski definition) is 7. The zero-order chi connectivity index (χ0) is 77.2. The molecule has 23 nitrogen and oxygen atoms in total. The fourth-order valence-electron chi connectivity index (χ4n) is 12.6. The van der Waals surface area contributed by atoms with Gasteiger partial charge in [-0.25, -0.2) is 4.79 Å². The lowest BCUT2D eigenvalue weighted by molar-refractivity contribution is -0.147. The van der Waals surface area contributed by atoms with Crippen LogP contribution in [0.1, 0.15) is 111 Å². The average Bonchev–Trinajstić information content (AvgIpc) is 1.61. The number of carboxylic acid groups (broad SMARTS) is 1. The number of halogens is 4. The van der Waals surface area contributed by atoms with Gasteiger partial charge in [-0.1, -0.05) is 194 Å². The lowest BCUT2D eigenvalue weighted by atomic mass is 9.96. The van der Waals surface area contributed by atoms with Crippen LogP contribution in [-0.2, 0) is 103 Å². The number of rotatable bonds is 37. The molecule has 2 saturated heterocycles. The highest BCUT2D eigenvalue weighted by atomic mass is 35.5. The Morgan fingerprint density at radius 3 is 1.31 bits per heavy atom. The molecule has 7 aromatic carbocycles. The van der Waals surface area contributed by atoms with Crippen molar-refractivity contribution in [3.05, 3.63) is 235 Å². The van der Waals surface area contributed by atoms with Gasteiger partial charge in [0.15, 0.2) is 0 Å². The van der Waals surface area contributed by atoms with Crippen LogP contribution in [0.2, 0.25) is 20.1 Å². The van der Waals surface area contributed by atoms with Crippen molar-refractivity contribution in [1.82, 2.24) is 36.4 Å². The number of carbonyl (C=O) groups is 10. The fourth-order valence-corrected chi connectivity index (χ4v) is 13.6. The Bertz CT molecular complexity index is 4200. The van der Waals surface area contributed by atoms with Crippen molar-refractivity contribution in [2.45, 2.75) is 166 Å². The largest absolute Gasteiger partial charge is 0.489 e. The second-order valence-electron chi connectivity index (χ2n) is 26.7. The van der Waals surface area contributed by atoms with Crippen LogP contribution >= 0.6 is 46.4 Å². The van der Waals surface area contributed by atoms with Crippen LogP contribution in [0.25, 0.3) is 0 Å². The number of esters is 2. The summed E-state index contributed by atoms with van der Waals surface area (Å²) in [6.45, 7) is 3.66. The first-order valence-corrected chi connectivity index (χ1v) is 37.4. The Kier molecular flexibility index (Phi) is 31.0. The monoisotopic (exact) mass is 1550 g/mol. The van der Waals surface area contributed by atoms with E-state index in [1.54, 1.807) is 159 Å². The highest BCUT2D eigenvalue weighted by Crippen LogP contribution is 2.30. The molecule has 2 fully saturated rings. The molecule has 2 aliphatic rings. The van der Waals surface area contributed by atoms with E-state index in [2.05, 4.69) is 26.6 Å². The van der Waals surface area contributed by atoms with E-state index < -0.39 is 120 Å². The summed E-state index contributed by atoms with van der Waals surface area (Å²) in [4.78, 5) is 146. The Morgan fingerprint density at radius 1 is 0.454 bits per heavy atom. The molecule has 0 saturated carbocycles. The maximum absolute atomic E-state index is 15.2. The summed E-state index contributed by atoms with van der Waals surface area (Å²) in [5.74, 6) is -7.76. The molecule has 7 aromatic rings. The number of nitrogens with one attached hydrogen (secondary N) is 5. The third kappa shape index (κ3) is 24.0. The number of carboxylic acids is 1. The summed E-state index contributed by atoms with van der Waals surface area (Å²) < 4.78 is 23.0. The van der Waals surface area contributed by atoms with Crippen molar-refractivity contribution in [2.24, 2.45) is 11.7 Å². The number of nitrogens with two attached hydrogens (primary N) is 1. The SMILES string of the molecule is CC[C@H](C)[C@H](NC(=O)[C@@H]1CCCN1C(=O)[C@H](CCC(=O)OCc1ccccc1)NC(=O)[C@@H](N)Cc1ccccc1)C(=O)N1CCC[C@H]1C(=O)N[C@@H](CCC(=O)OCc1ccccc1)C(=O)N[C@@H](Cc1ccc(OCc2c(Cl)cccc2Cl)cc1)C(=O)N[C@@H](Cc1ccc(OCc2c(Cl)cccc2Cl)cc1)C(=O)O. The van der Waals surface area contributed by atoms with Gasteiger partial charge in [0.1, 0.15) is 80.2 Å². The molecule has 0 unspecified atom stereocenters. The zero-order valence-electron chi connectivity index (χ0n) is 59.8. The lowest BCUT2D eigenvalue weighted by Gasteiger charge is -2.34. The molecule has 2 aliphatic heterocycles. The Hall–Kier alpha value is -10.0. The van der Waals surface area contributed by atoms with Crippen LogP contribution in [0.15, 0.2) is 176 Å². The number of carbonyl (C=O) groups excluding carboxylic acids is 9. The van der Waals surface area contributed by atoms with Crippen LogP contribution in [0, 0.1) is 5.92 Å². The number of likely N-dealkylation sites (tertiary alicyclic amines) is 2. The molecule has 0 radical (unpaired) electrons. The smallest absolute Gasteiger partial charge is 0.326 e. The quantitative estimate of drug-likeness (QED) is 0.0178.